The fourth-order valence-electron chi connectivity index (χ4n) is 3.12. The Kier molecular flexibility index (Phi) is 7.80. The second-order valence-electron chi connectivity index (χ2n) is 6.65. The number of hydrogen-bond acceptors (Lipinski definition) is 2. The SMILES string of the molecule is CCCCCCC(=O)Nc1cccc(C(=O)N2CCCCCC2)c1. The molecule has 1 fully saturated rings. The van der Waals surface area contributed by atoms with Gasteiger partial charge in [-0.2, -0.15) is 0 Å². The molecule has 0 saturated carbocycles. The minimum Gasteiger partial charge on any atom is -0.339 e. The first-order valence-electron chi connectivity index (χ1n) is 9.40. The Bertz CT molecular complexity index is 534. The van der Waals surface area contributed by atoms with Gasteiger partial charge in [-0.1, -0.05) is 45.1 Å². The largest absolute Gasteiger partial charge is 0.339 e. The summed E-state index contributed by atoms with van der Waals surface area (Å²) in [5, 5.41) is 2.92. The predicted octanol–water partition coefficient (Wildman–Crippen LogP) is 4.61. The molecule has 1 aliphatic rings. The van der Waals surface area contributed by atoms with Crippen molar-refractivity contribution in [3.8, 4) is 0 Å². The Labute approximate surface area is 145 Å². The summed E-state index contributed by atoms with van der Waals surface area (Å²) in [6, 6.07) is 7.34. The first-order valence-corrected chi connectivity index (χ1v) is 9.40. The molecule has 0 unspecified atom stereocenters. The molecule has 2 amide bonds. The minimum absolute atomic E-state index is 0.0328. The van der Waals surface area contributed by atoms with Crippen molar-refractivity contribution in [3.63, 3.8) is 0 Å². The van der Waals surface area contributed by atoms with Gasteiger partial charge in [-0.15, -0.1) is 0 Å². The molecule has 1 aromatic rings. The Hall–Kier alpha value is -1.84. The van der Waals surface area contributed by atoms with E-state index in [1.165, 1.54) is 25.7 Å². The van der Waals surface area contributed by atoms with Crippen LogP contribution in [0, 0.1) is 0 Å². The molecule has 0 aliphatic carbocycles. The third-order valence-corrected chi connectivity index (χ3v) is 4.54. The summed E-state index contributed by atoms with van der Waals surface area (Å²) in [7, 11) is 0. The molecule has 0 atom stereocenters. The van der Waals surface area contributed by atoms with Crippen LogP contribution in [-0.4, -0.2) is 29.8 Å². The van der Waals surface area contributed by atoms with Crippen LogP contribution < -0.4 is 5.32 Å². The molecule has 2 rings (SSSR count). The molecular weight excluding hydrogens is 300 g/mol. The summed E-state index contributed by atoms with van der Waals surface area (Å²) in [4.78, 5) is 26.6. The van der Waals surface area contributed by atoms with Crippen molar-refractivity contribution < 1.29 is 9.59 Å². The predicted molar refractivity (Wildman–Crippen MR) is 98.2 cm³/mol. The van der Waals surface area contributed by atoms with Crippen molar-refractivity contribution in [3.05, 3.63) is 29.8 Å². The molecular formula is C20H30N2O2. The molecule has 1 aliphatic heterocycles. The van der Waals surface area contributed by atoms with E-state index in [9.17, 15) is 9.59 Å². The van der Waals surface area contributed by atoms with E-state index >= 15 is 0 Å². The summed E-state index contributed by atoms with van der Waals surface area (Å²) in [5.41, 5.74) is 1.39. The number of nitrogens with zero attached hydrogens (tertiary/aromatic N) is 1. The van der Waals surface area contributed by atoms with Crippen LogP contribution in [0.1, 0.15) is 75.1 Å². The average molecular weight is 330 g/mol. The Morgan fingerprint density at radius 2 is 1.79 bits per heavy atom. The van der Waals surface area contributed by atoms with Gasteiger partial charge in [0, 0.05) is 30.8 Å². The molecule has 24 heavy (non-hydrogen) atoms. The van der Waals surface area contributed by atoms with Crippen LogP contribution in [-0.2, 0) is 4.79 Å². The lowest BCUT2D eigenvalue weighted by Gasteiger charge is -2.20. The standard InChI is InChI=1S/C20H30N2O2/c1-2-3-4-7-13-19(23)21-18-12-10-11-17(16-18)20(24)22-14-8-5-6-9-15-22/h10-12,16H,2-9,13-15H2,1H3,(H,21,23). The van der Waals surface area contributed by atoms with Gasteiger partial charge in [0.05, 0.1) is 0 Å². The summed E-state index contributed by atoms with van der Waals surface area (Å²) >= 11 is 0. The Morgan fingerprint density at radius 3 is 2.50 bits per heavy atom. The summed E-state index contributed by atoms with van der Waals surface area (Å²) in [6.45, 7) is 3.84. The van der Waals surface area contributed by atoms with Gasteiger partial charge in [0.15, 0.2) is 0 Å². The van der Waals surface area contributed by atoms with Crippen molar-refractivity contribution in [2.24, 2.45) is 0 Å². The lowest BCUT2D eigenvalue weighted by molar-refractivity contribution is -0.116. The zero-order valence-corrected chi connectivity index (χ0v) is 14.9. The van der Waals surface area contributed by atoms with Crippen molar-refractivity contribution in [2.75, 3.05) is 18.4 Å². The van der Waals surface area contributed by atoms with Crippen LogP contribution in [0.4, 0.5) is 5.69 Å². The molecule has 1 heterocycles. The number of benzene rings is 1. The number of carbonyl (C=O) groups is 2. The van der Waals surface area contributed by atoms with Crippen LogP contribution in [0.2, 0.25) is 0 Å². The second-order valence-corrected chi connectivity index (χ2v) is 6.65. The van der Waals surface area contributed by atoms with Crippen LogP contribution in [0.15, 0.2) is 24.3 Å². The monoisotopic (exact) mass is 330 g/mol. The zero-order valence-electron chi connectivity index (χ0n) is 14.9. The van der Waals surface area contributed by atoms with Gasteiger partial charge in [0.2, 0.25) is 5.91 Å². The number of nitrogens with one attached hydrogen (secondary N) is 1. The van der Waals surface area contributed by atoms with Crippen molar-refractivity contribution >= 4 is 17.5 Å². The van der Waals surface area contributed by atoms with Crippen LogP contribution in [0.5, 0.6) is 0 Å². The van der Waals surface area contributed by atoms with E-state index in [0.717, 1.165) is 44.5 Å². The maximum absolute atomic E-state index is 12.6. The normalized spacial score (nSPS) is 15.0. The highest BCUT2D eigenvalue weighted by Crippen LogP contribution is 2.17. The van der Waals surface area contributed by atoms with E-state index in [4.69, 9.17) is 0 Å². The number of anilines is 1. The second kappa shape index (κ2) is 10.1. The fourth-order valence-corrected chi connectivity index (χ4v) is 3.12. The van der Waals surface area contributed by atoms with Crippen LogP contribution in [0.25, 0.3) is 0 Å². The number of likely N-dealkylation sites (tertiary alicyclic amines) is 1. The third kappa shape index (κ3) is 5.99. The van der Waals surface area contributed by atoms with Gasteiger partial charge in [0.1, 0.15) is 0 Å². The minimum atomic E-state index is 0.0328. The smallest absolute Gasteiger partial charge is 0.253 e. The molecule has 1 N–H and O–H groups in total. The van der Waals surface area contributed by atoms with Gasteiger partial charge in [-0.05, 0) is 37.5 Å². The van der Waals surface area contributed by atoms with E-state index in [1.807, 2.05) is 23.1 Å². The molecule has 0 radical (unpaired) electrons. The van der Waals surface area contributed by atoms with E-state index in [2.05, 4.69) is 12.2 Å². The molecule has 1 aromatic carbocycles. The molecule has 0 aromatic heterocycles. The number of amides is 2. The fraction of sp³-hybridized carbons (Fsp3) is 0.600. The van der Waals surface area contributed by atoms with Crippen molar-refractivity contribution in [1.82, 2.24) is 4.90 Å². The molecule has 132 valence electrons. The Balaban J connectivity index is 1.90. The summed E-state index contributed by atoms with van der Waals surface area (Å²) in [5.74, 6) is 0.112. The number of rotatable bonds is 7. The number of carbonyl (C=O) groups excluding carboxylic acids is 2. The van der Waals surface area contributed by atoms with E-state index in [0.29, 0.717) is 12.0 Å². The highest BCUT2D eigenvalue weighted by molar-refractivity contribution is 5.97. The average Bonchev–Trinajstić information content (AvgIpc) is 2.88. The van der Waals surface area contributed by atoms with Gasteiger partial charge >= 0.3 is 0 Å². The summed E-state index contributed by atoms with van der Waals surface area (Å²) in [6.07, 6.45) is 9.48. The van der Waals surface area contributed by atoms with Crippen molar-refractivity contribution in [2.45, 2.75) is 64.7 Å². The molecule has 4 nitrogen and oxygen atoms in total. The molecule has 1 saturated heterocycles. The quantitative estimate of drug-likeness (QED) is 0.742. The lowest BCUT2D eigenvalue weighted by atomic mass is 10.1. The highest BCUT2D eigenvalue weighted by atomic mass is 16.2. The topological polar surface area (TPSA) is 49.4 Å². The van der Waals surface area contributed by atoms with Gasteiger partial charge in [-0.3, -0.25) is 9.59 Å². The van der Waals surface area contributed by atoms with Gasteiger partial charge in [-0.25, -0.2) is 0 Å². The number of hydrogen-bond donors (Lipinski definition) is 1. The molecule has 0 spiro atoms. The maximum atomic E-state index is 12.6. The van der Waals surface area contributed by atoms with Crippen LogP contribution >= 0.6 is 0 Å². The van der Waals surface area contributed by atoms with E-state index in [1.54, 1.807) is 6.07 Å². The van der Waals surface area contributed by atoms with Gasteiger partial charge < -0.3 is 10.2 Å². The maximum Gasteiger partial charge on any atom is 0.253 e. The Morgan fingerprint density at radius 1 is 1.04 bits per heavy atom. The molecule has 4 heteroatoms. The zero-order chi connectivity index (χ0) is 17.2. The van der Waals surface area contributed by atoms with Crippen LogP contribution in [0.3, 0.4) is 0 Å². The molecule has 0 bridgehead atoms. The third-order valence-electron chi connectivity index (χ3n) is 4.54. The lowest BCUT2D eigenvalue weighted by Crippen LogP contribution is -2.31. The van der Waals surface area contributed by atoms with Crippen molar-refractivity contribution in [1.29, 1.82) is 0 Å². The van der Waals surface area contributed by atoms with E-state index in [-0.39, 0.29) is 11.8 Å². The first-order chi connectivity index (χ1) is 11.7. The van der Waals surface area contributed by atoms with E-state index < -0.39 is 0 Å². The highest BCUT2D eigenvalue weighted by Gasteiger charge is 2.17. The first kappa shape index (κ1) is 18.5. The summed E-state index contributed by atoms with van der Waals surface area (Å²) < 4.78 is 0. The van der Waals surface area contributed by atoms with Gasteiger partial charge in [0.25, 0.3) is 5.91 Å². The number of unbranched alkanes of at least 4 members (excludes halogenated alkanes) is 3.